The lowest BCUT2D eigenvalue weighted by atomic mass is 10.4. The molecule has 102 valence electrons. The molecule has 2 atom stereocenters. The first-order valence-electron chi connectivity index (χ1n) is 5.37. The van der Waals surface area contributed by atoms with Gasteiger partial charge in [0, 0.05) is 25.2 Å². The summed E-state index contributed by atoms with van der Waals surface area (Å²) in [6.45, 7) is 0.455. The molecule has 0 heterocycles. The van der Waals surface area contributed by atoms with Gasteiger partial charge in [-0.05, 0) is 7.05 Å². The summed E-state index contributed by atoms with van der Waals surface area (Å²) >= 11 is 1.45. The number of thioether (sulfide) groups is 1. The first-order chi connectivity index (χ1) is 8.13. The van der Waals surface area contributed by atoms with E-state index in [0.717, 1.165) is 0 Å². The average molecular weight is 267 g/mol. The van der Waals surface area contributed by atoms with Crippen LogP contribution in [0.2, 0.25) is 0 Å². The van der Waals surface area contributed by atoms with E-state index < -0.39 is 12.3 Å². The van der Waals surface area contributed by atoms with Gasteiger partial charge in [0.05, 0.1) is 19.1 Å². The minimum Gasteiger partial charge on any atom is -0.481 e. The maximum Gasteiger partial charge on any atom is 0.304 e. The van der Waals surface area contributed by atoms with Crippen LogP contribution >= 0.6 is 11.8 Å². The number of carboxylic acid groups (broad SMARTS) is 1. The SMILES string of the molecule is CNCC(CO)OC(CSCCC(=O)O)OC. The van der Waals surface area contributed by atoms with E-state index in [-0.39, 0.29) is 19.1 Å². The zero-order chi connectivity index (χ0) is 13.1. The summed E-state index contributed by atoms with van der Waals surface area (Å²) in [4.78, 5) is 10.3. The van der Waals surface area contributed by atoms with E-state index >= 15 is 0 Å². The van der Waals surface area contributed by atoms with Crippen molar-refractivity contribution in [2.75, 3.05) is 38.8 Å². The Bertz CT molecular complexity index is 205. The van der Waals surface area contributed by atoms with E-state index in [4.69, 9.17) is 19.7 Å². The van der Waals surface area contributed by atoms with E-state index in [9.17, 15) is 4.79 Å². The predicted molar refractivity (Wildman–Crippen MR) is 66.3 cm³/mol. The average Bonchev–Trinajstić information content (AvgIpc) is 2.31. The number of nitrogens with one attached hydrogen (secondary N) is 1. The minimum atomic E-state index is -0.809. The van der Waals surface area contributed by atoms with Gasteiger partial charge in [-0.15, -0.1) is 0 Å². The van der Waals surface area contributed by atoms with Crippen LogP contribution in [0, 0.1) is 0 Å². The fourth-order valence-electron chi connectivity index (χ4n) is 1.10. The third-order valence-corrected chi connectivity index (χ3v) is 2.96. The number of carbonyl (C=O) groups is 1. The van der Waals surface area contributed by atoms with Crippen molar-refractivity contribution in [1.82, 2.24) is 5.32 Å². The van der Waals surface area contributed by atoms with Crippen LogP contribution in [0.15, 0.2) is 0 Å². The number of methoxy groups -OCH3 is 1. The zero-order valence-electron chi connectivity index (χ0n) is 10.2. The first-order valence-corrected chi connectivity index (χ1v) is 6.52. The molecule has 0 fully saturated rings. The highest BCUT2D eigenvalue weighted by Crippen LogP contribution is 2.10. The third-order valence-electron chi connectivity index (χ3n) is 1.96. The lowest BCUT2D eigenvalue weighted by Gasteiger charge is -2.22. The van der Waals surface area contributed by atoms with Gasteiger partial charge in [0.25, 0.3) is 0 Å². The predicted octanol–water partition coefficient (Wildman–Crippen LogP) is -0.236. The van der Waals surface area contributed by atoms with Gasteiger partial charge in [-0.2, -0.15) is 11.8 Å². The van der Waals surface area contributed by atoms with Crippen molar-refractivity contribution < 1.29 is 24.5 Å². The molecule has 17 heavy (non-hydrogen) atoms. The molecule has 7 heteroatoms. The smallest absolute Gasteiger partial charge is 0.304 e. The molecule has 6 nitrogen and oxygen atoms in total. The molecule has 2 unspecified atom stereocenters. The zero-order valence-corrected chi connectivity index (χ0v) is 11.0. The highest BCUT2D eigenvalue weighted by Gasteiger charge is 2.15. The number of aliphatic hydroxyl groups is 1. The van der Waals surface area contributed by atoms with E-state index in [2.05, 4.69) is 5.32 Å². The molecule has 0 aliphatic rings. The Morgan fingerprint density at radius 3 is 2.71 bits per heavy atom. The fraction of sp³-hybridized carbons (Fsp3) is 0.900. The summed E-state index contributed by atoms with van der Waals surface area (Å²) in [5.74, 6) is 0.258. The Hall–Kier alpha value is -0.340. The molecule has 0 aromatic heterocycles. The largest absolute Gasteiger partial charge is 0.481 e. The van der Waals surface area contributed by atoms with Crippen molar-refractivity contribution >= 4 is 17.7 Å². The molecular formula is C10H21NO5S. The lowest BCUT2D eigenvalue weighted by molar-refractivity contribution is -0.149. The van der Waals surface area contributed by atoms with Crippen molar-refractivity contribution in [3.05, 3.63) is 0 Å². The van der Waals surface area contributed by atoms with Gasteiger partial charge in [0.15, 0.2) is 6.29 Å². The van der Waals surface area contributed by atoms with Crippen LogP contribution in [-0.4, -0.2) is 67.4 Å². The number of ether oxygens (including phenoxy) is 2. The fourth-order valence-corrected chi connectivity index (χ4v) is 1.99. The number of likely N-dealkylation sites (N-methyl/N-ethyl adjacent to an activating group) is 1. The van der Waals surface area contributed by atoms with Crippen LogP contribution in [0.3, 0.4) is 0 Å². The van der Waals surface area contributed by atoms with E-state index in [1.54, 1.807) is 7.05 Å². The van der Waals surface area contributed by atoms with E-state index in [0.29, 0.717) is 18.1 Å². The summed E-state index contributed by atoms with van der Waals surface area (Å²) in [6.07, 6.45) is -0.620. The first kappa shape index (κ1) is 16.7. The molecule has 0 aromatic rings. The van der Waals surface area contributed by atoms with Crippen LogP contribution in [0.1, 0.15) is 6.42 Å². The molecule has 0 radical (unpaired) electrons. The van der Waals surface area contributed by atoms with E-state index in [1.165, 1.54) is 18.9 Å². The Morgan fingerprint density at radius 2 is 2.24 bits per heavy atom. The molecule has 0 rings (SSSR count). The third kappa shape index (κ3) is 9.37. The number of aliphatic hydroxyl groups excluding tert-OH is 1. The number of hydrogen-bond donors (Lipinski definition) is 3. The van der Waals surface area contributed by atoms with Gasteiger partial charge in [0.2, 0.25) is 0 Å². The molecule has 0 saturated heterocycles. The molecule has 0 bridgehead atoms. The van der Waals surface area contributed by atoms with Crippen LogP contribution in [0.4, 0.5) is 0 Å². The standard InChI is InChI=1S/C10H21NO5S/c1-11-5-8(6-12)16-10(15-2)7-17-4-3-9(13)14/h8,10-12H,3-7H2,1-2H3,(H,13,14). The lowest BCUT2D eigenvalue weighted by Crippen LogP contribution is -2.35. The van der Waals surface area contributed by atoms with Gasteiger partial charge < -0.3 is 25.0 Å². The van der Waals surface area contributed by atoms with Crippen molar-refractivity contribution in [2.24, 2.45) is 0 Å². The van der Waals surface area contributed by atoms with Gasteiger partial charge in [-0.3, -0.25) is 4.79 Å². The Morgan fingerprint density at radius 1 is 1.53 bits per heavy atom. The minimum absolute atomic E-state index is 0.0828. The molecule has 0 aromatic carbocycles. The van der Waals surface area contributed by atoms with Crippen LogP contribution < -0.4 is 5.32 Å². The highest BCUT2D eigenvalue weighted by atomic mass is 32.2. The number of hydrogen-bond acceptors (Lipinski definition) is 6. The molecule has 3 N–H and O–H groups in total. The Kier molecular flexibility index (Phi) is 10.6. The number of rotatable bonds is 11. The van der Waals surface area contributed by atoms with Gasteiger partial charge >= 0.3 is 5.97 Å². The topological polar surface area (TPSA) is 88.0 Å². The molecule has 0 amide bonds. The monoisotopic (exact) mass is 267 g/mol. The van der Waals surface area contributed by atoms with Crippen molar-refractivity contribution in [2.45, 2.75) is 18.8 Å². The molecule has 0 aliphatic heterocycles. The van der Waals surface area contributed by atoms with Crippen molar-refractivity contribution in [3.63, 3.8) is 0 Å². The summed E-state index contributed by atoms with van der Waals surface area (Å²) in [7, 11) is 3.30. The molecule has 0 aliphatic carbocycles. The molecular weight excluding hydrogens is 246 g/mol. The van der Waals surface area contributed by atoms with Crippen molar-refractivity contribution in [1.29, 1.82) is 0 Å². The summed E-state index contributed by atoms with van der Waals surface area (Å²) in [5.41, 5.74) is 0. The van der Waals surface area contributed by atoms with Gasteiger partial charge in [0.1, 0.15) is 0 Å². The Labute approximate surface area is 106 Å². The summed E-state index contributed by atoms with van der Waals surface area (Å²) < 4.78 is 10.6. The number of aliphatic carboxylic acids is 1. The molecule has 0 saturated carbocycles. The second-order valence-corrected chi connectivity index (χ2v) is 4.53. The summed E-state index contributed by atoms with van der Waals surface area (Å²) in [6, 6.07) is 0. The maximum atomic E-state index is 10.3. The second kappa shape index (κ2) is 10.8. The van der Waals surface area contributed by atoms with Crippen LogP contribution in [-0.2, 0) is 14.3 Å². The summed E-state index contributed by atoms with van der Waals surface area (Å²) in [5, 5.41) is 20.4. The molecule has 0 spiro atoms. The number of carboxylic acids is 1. The normalized spacial score (nSPS) is 14.5. The van der Waals surface area contributed by atoms with Gasteiger partial charge in [-0.25, -0.2) is 0 Å². The van der Waals surface area contributed by atoms with Crippen LogP contribution in [0.25, 0.3) is 0 Å². The van der Waals surface area contributed by atoms with Crippen LogP contribution in [0.5, 0.6) is 0 Å². The highest BCUT2D eigenvalue weighted by molar-refractivity contribution is 7.99. The van der Waals surface area contributed by atoms with E-state index in [1.807, 2.05) is 0 Å². The van der Waals surface area contributed by atoms with Gasteiger partial charge in [-0.1, -0.05) is 0 Å². The van der Waals surface area contributed by atoms with Crippen molar-refractivity contribution in [3.8, 4) is 0 Å². The quantitative estimate of drug-likeness (QED) is 0.352. The Balaban J connectivity index is 3.77. The second-order valence-electron chi connectivity index (χ2n) is 3.38. The maximum absolute atomic E-state index is 10.3.